The molecule has 21 heteroatoms. The zero-order valence-electron chi connectivity index (χ0n) is 48.0. The molecule has 0 spiro atoms. The number of fused-ring (bicyclic) bond motifs is 4. The summed E-state index contributed by atoms with van der Waals surface area (Å²) in [4.78, 5) is 17.9. The zero-order chi connectivity index (χ0) is 60.9. The maximum absolute atomic E-state index is 10.7. The molecule has 0 amide bonds. The number of alkyl halides is 3. The van der Waals surface area contributed by atoms with E-state index in [4.69, 9.17) is 52.1 Å². The molecule has 0 bridgehead atoms. The van der Waals surface area contributed by atoms with Gasteiger partial charge in [0.25, 0.3) is 0 Å². The summed E-state index contributed by atoms with van der Waals surface area (Å²) in [6, 6.07) is 70.3. The molecule has 3 N–H and O–H groups in total. The van der Waals surface area contributed by atoms with E-state index in [1.165, 1.54) is 5.19 Å². The molecule has 0 saturated heterocycles. The van der Waals surface area contributed by atoms with E-state index in [1.807, 2.05) is 200 Å². The largest absolute Gasteiger partial charge is 0.522 e. The van der Waals surface area contributed by atoms with Crippen LogP contribution in [0.4, 0.5) is 13.2 Å². The van der Waals surface area contributed by atoms with E-state index < -0.39 is 31.8 Å². The van der Waals surface area contributed by atoms with Crippen molar-refractivity contribution in [1.29, 1.82) is 0 Å². The third kappa shape index (κ3) is 19.5. The van der Waals surface area contributed by atoms with Gasteiger partial charge < -0.3 is 44.1 Å². The third-order valence-corrected chi connectivity index (χ3v) is 16.3. The van der Waals surface area contributed by atoms with Crippen LogP contribution in [-0.4, -0.2) is 79.0 Å². The minimum Gasteiger partial charge on any atom is -0.457 e. The summed E-state index contributed by atoms with van der Waals surface area (Å²) >= 11 is 0. The molecule has 6 heterocycles. The molecule has 2 aliphatic heterocycles. The minimum absolute atomic E-state index is 0. The van der Waals surface area contributed by atoms with Crippen LogP contribution in [-0.2, 0) is 50.3 Å². The molecule has 2 radical (unpaired) electrons. The van der Waals surface area contributed by atoms with Crippen LogP contribution in [0.15, 0.2) is 213 Å². The zero-order valence-corrected chi connectivity index (χ0v) is 55.6. The van der Waals surface area contributed by atoms with Gasteiger partial charge in [0.1, 0.15) is 5.69 Å². The van der Waals surface area contributed by atoms with Crippen molar-refractivity contribution in [3.8, 4) is 91.0 Å². The van der Waals surface area contributed by atoms with Crippen molar-refractivity contribution in [2.75, 3.05) is 14.2 Å². The fraction of sp³-hybridized carbons (Fsp3) is 0.138. The van der Waals surface area contributed by atoms with Gasteiger partial charge in [-0.1, -0.05) is 118 Å². The Labute approximate surface area is 529 Å². The van der Waals surface area contributed by atoms with Crippen molar-refractivity contribution in [3.63, 3.8) is 0 Å². The van der Waals surface area contributed by atoms with Gasteiger partial charge in [-0.05, 0) is 47.8 Å². The van der Waals surface area contributed by atoms with E-state index in [9.17, 15) is 13.2 Å². The Morgan fingerprint density at radius 3 is 1.06 bits per heavy atom. The number of halogens is 3. The molecule has 13 nitrogen and oxygen atoms in total. The van der Waals surface area contributed by atoms with Gasteiger partial charge in [0.05, 0.1) is 16.1 Å². The smallest absolute Gasteiger partial charge is 0.457 e. The summed E-state index contributed by atoms with van der Waals surface area (Å²) in [5, 5.41) is 16.3. The summed E-state index contributed by atoms with van der Waals surface area (Å²) in [7, 11) is -7.10. The van der Waals surface area contributed by atoms with Gasteiger partial charge in [0.2, 0.25) is 0 Å². The molecule has 12 rings (SSSR count). The minimum atomic E-state index is -5.84. The number of benzene rings is 6. The number of hydrogen-bond donors (Lipinski definition) is 3. The van der Waals surface area contributed by atoms with Gasteiger partial charge in [-0.3, -0.25) is 9.54 Å². The second-order valence-electron chi connectivity index (χ2n) is 19.7. The Kier molecular flexibility index (Phi) is 27.6. The van der Waals surface area contributed by atoms with Crippen LogP contribution >= 0.6 is 0 Å². The van der Waals surface area contributed by atoms with Crippen molar-refractivity contribution in [2.45, 2.75) is 44.8 Å². The van der Waals surface area contributed by atoms with Crippen molar-refractivity contribution in [1.82, 2.24) is 19.9 Å². The molecule has 0 aliphatic carbocycles. The predicted octanol–water partition coefficient (Wildman–Crippen LogP) is 14.9. The first kappa shape index (κ1) is 71.0. The van der Waals surface area contributed by atoms with E-state index in [0.717, 1.165) is 105 Å². The third-order valence-electron chi connectivity index (χ3n) is 11.7. The van der Waals surface area contributed by atoms with Crippen molar-refractivity contribution >= 4 is 36.6 Å². The fourth-order valence-corrected chi connectivity index (χ4v) is 10.4. The number of nitrogens with zero attached hydrogens (tertiary/aromatic N) is 4. The van der Waals surface area contributed by atoms with Crippen LogP contribution in [0.5, 0.6) is 46.0 Å². The molecule has 2 aliphatic rings. The molecule has 4 aromatic heterocycles. The Morgan fingerprint density at radius 1 is 0.419 bits per heavy atom. The first-order valence-corrected chi connectivity index (χ1v) is 34.4. The van der Waals surface area contributed by atoms with Crippen LogP contribution in [0.25, 0.3) is 45.0 Å². The summed E-state index contributed by atoms with van der Waals surface area (Å²) < 4.78 is 82.5. The Hall–Kier alpha value is -7.53. The van der Waals surface area contributed by atoms with Gasteiger partial charge in [-0.25, -0.2) is 0 Å². The number of pyridine rings is 4. The van der Waals surface area contributed by atoms with Gasteiger partial charge >= 0.3 is 15.6 Å². The number of hydrogen-bond acceptors (Lipinski definition) is 12. The van der Waals surface area contributed by atoms with Crippen LogP contribution in [0.2, 0.25) is 39.3 Å². The molecule has 0 unspecified atom stereocenters. The van der Waals surface area contributed by atoms with Crippen molar-refractivity contribution in [2.24, 2.45) is 0 Å². The summed E-state index contributed by atoms with van der Waals surface area (Å²) in [6.45, 7) is 13.7. The summed E-state index contributed by atoms with van der Waals surface area (Å²) in [5.74, 6) is 5.99. The molecule has 6 aromatic carbocycles. The molecule has 452 valence electrons. The first-order valence-electron chi connectivity index (χ1n) is 25.9. The number of aliphatic hydroxyl groups is 2. The van der Waals surface area contributed by atoms with Crippen LogP contribution in [0, 0.1) is 18.2 Å². The second kappa shape index (κ2) is 33.4. The molecule has 0 fully saturated rings. The van der Waals surface area contributed by atoms with E-state index in [-0.39, 0.29) is 40.2 Å². The molecule has 0 atom stereocenters. The van der Waals surface area contributed by atoms with E-state index >= 15 is 0 Å². The number of ether oxygens (including phenoxy) is 4. The second-order valence-corrected chi connectivity index (χ2v) is 31.2. The normalized spacial score (nSPS) is 11.2. The van der Waals surface area contributed by atoms with Crippen LogP contribution < -0.4 is 29.3 Å². The number of rotatable bonds is 6. The van der Waals surface area contributed by atoms with Gasteiger partial charge in [0.15, 0.2) is 46.0 Å². The average Bonchev–Trinajstić information content (AvgIpc) is 1.15. The standard InChI is InChI=1S/C20H19NO2Si.C20H18NO2Si.2C11H8N.CHF3O3S.2CH4O.2Ir/c2*1-24(2,3)17-13-21-18(14-9-5-4-6-10-14)20-19(17)22-15-11-7-8-12-16(15)23-20;2*1-2-6-10(7-3-1)11-8-4-5-9-12-11;2-1(3,4)8(5,6)7;2*1-2;;/h4-13H,1-3H3;4-9,11-13H,1-3H3;2*1-6,8-9H;(H,5,6,7);2*2H,1H3;;/q;3*-1;;;;;. The maximum atomic E-state index is 10.7. The number of aliphatic hydroxyl groups excluding tert-OH is 2. The fourth-order valence-electron chi connectivity index (χ4n) is 7.77. The van der Waals surface area contributed by atoms with E-state index in [2.05, 4.69) is 67.4 Å². The van der Waals surface area contributed by atoms with Crippen molar-refractivity contribution < 1.29 is 95.5 Å². The van der Waals surface area contributed by atoms with Crippen LogP contribution in [0.1, 0.15) is 0 Å². The molecule has 86 heavy (non-hydrogen) atoms. The quantitative estimate of drug-likeness (QED) is 0.0619. The average molecular weight is 1570 g/mol. The topological polar surface area (TPSA) is 183 Å². The molecular weight excluding hydrogens is 1510 g/mol. The summed E-state index contributed by atoms with van der Waals surface area (Å²) in [6.07, 6.45) is 7.48. The Balaban J connectivity index is 0.000000238. The van der Waals surface area contributed by atoms with E-state index in [1.54, 1.807) is 12.4 Å². The van der Waals surface area contributed by atoms with Gasteiger partial charge in [0, 0.05) is 101 Å². The van der Waals surface area contributed by atoms with Crippen LogP contribution in [0.3, 0.4) is 0 Å². The van der Waals surface area contributed by atoms with Crippen molar-refractivity contribution in [3.05, 3.63) is 231 Å². The maximum Gasteiger partial charge on any atom is 0.522 e. The predicted molar refractivity (Wildman–Crippen MR) is 328 cm³/mol. The monoisotopic (exact) mass is 1570 g/mol. The van der Waals surface area contributed by atoms with Gasteiger partial charge in [-0.2, -0.15) is 21.6 Å². The molecule has 10 aromatic rings. The number of aromatic nitrogens is 4. The summed E-state index contributed by atoms with van der Waals surface area (Å²) in [5.41, 5.74) is 2.00. The Bertz CT molecular complexity index is 3470. The molecular formula is C65H62F3Ir2N4O9SSi2-3. The van der Waals surface area contributed by atoms with Gasteiger partial charge in [-0.15, -0.1) is 108 Å². The first-order chi connectivity index (χ1) is 40.3. The Morgan fingerprint density at radius 2 is 0.733 bits per heavy atom. The number of para-hydroxylation sites is 4. The molecule has 0 saturated carbocycles. The van der Waals surface area contributed by atoms with E-state index in [0.29, 0.717) is 5.75 Å². The SMILES string of the molecule is CO.CO.C[Si](C)(C)c1cnc(-c2[c-]cccc2)c2c1Oc1ccccc1O2.C[Si](C)(C)c1cnc(-c2ccccc2)c2c1Oc1ccccc1O2.O=S(=O)(O)C(F)(F)F.[Ir].[Ir].[c-]1ccccc1-c1ccccn1.[c-]1ccccc1-c1ccccn1.